The van der Waals surface area contributed by atoms with E-state index in [0.29, 0.717) is 12.1 Å². The molecule has 0 bridgehead atoms. The molecule has 11 heteroatoms. The molecule has 220 valence electrons. The summed E-state index contributed by atoms with van der Waals surface area (Å²) in [5, 5.41) is 0. The van der Waals surface area contributed by atoms with Crippen LogP contribution in [0.3, 0.4) is 0 Å². The van der Waals surface area contributed by atoms with Gasteiger partial charge in [0.05, 0.1) is 22.4 Å². The van der Waals surface area contributed by atoms with E-state index >= 15 is 0 Å². The number of hydrogen-bond acceptors (Lipinski definition) is 8. The van der Waals surface area contributed by atoms with Crippen molar-refractivity contribution in [1.29, 1.82) is 0 Å². The maximum Gasteiger partial charge on any atom is 0.339 e. The van der Waals surface area contributed by atoms with Gasteiger partial charge in [-0.3, -0.25) is 13.8 Å². The van der Waals surface area contributed by atoms with E-state index in [1.165, 1.54) is 6.66 Å². The second-order valence-corrected chi connectivity index (χ2v) is 19.6. The molecule has 0 saturated carbocycles. The Morgan fingerprint density at radius 1 is 0.639 bits per heavy atom. The quantitative estimate of drug-likeness (QED) is 0.238. The van der Waals surface area contributed by atoms with Crippen LogP contribution in [0.15, 0.2) is 0 Å². The number of hydrogen-bond donors (Lipinski definition) is 0. The molecular weight excluding hydrogens is 519 g/mol. The molecule has 0 spiro atoms. The van der Waals surface area contributed by atoms with Gasteiger partial charge in [-0.05, 0) is 111 Å². The molecule has 0 aromatic heterocycles. The Morgan fingerprint density at radius 3 is 1.11 bits per heavy atom. The van der Waals surface area contributed by atoms with Crippen molar-refractivity contribution in [2.45, 2.75) is 145 Å². The number of rotatable bonds is 10. The van der Waals surface area contributed by atoms with Crippen LogP contribution in [0.2, 0.25) is 0 Å². The summed E-state index contributed by atoms with van der Waals surface area (Å²) in [6.07, 6.45) is 0. The Kier molecular flexibility index (Phi) is 15.4. The first kappa shape index (κ1) is 38.8. The molecule has 0 amide bonds. The van der Waals surface area contributed by atoms with Crippen LogP contribution in [-0.4, -0.2) is 58.8 Å². The first-order valence-corrected chi connectivity index (χ1v) is 17.7. The molecule has 36 heavy (non-hydrogen) atoms. The lowest BCUT2D eigenvalue weighted by atomic mass is 10.2. The van der Waals surface area contributed by atoms with Crippen molar-refractivity contribution in [3.05, 3.63) is 0 Å². The molecule has 0 fully saturated rings. The summed E-state index contributed by atoms with van der Waals surface area (Å²) in [7, 11) is -5.65. The van der Waals surface area contributed by atoms with Crippen LogP contribution < -0.4 is 0 Å². The van der Waals surface area contributed by atoms with E-state index in [4.69, 9.17) is 22.6 Å². The monoisotopic (exact) mass is 577 g/mol. The van der Waals surface area contributed by atoms with Gasteiger partial charge in [-0.2, -0.15) is 0 Å². The van der Waals surface area contributed by atoms with E-state index in [1.807, 2.05) is 83.1 Å². The van der Waals surface area contributed by atoms with Gasteiger partial charge in [0.25, 0.3) is 0 Å². The van der Waals surface area contributed by atoms with Crippen LogP contribution in [0, 0.1) is 0 Å². The van der Waals surface area contributed by atoms with Crippen molar-refractivity contribution in [2.75, 3.05) is 19.7 Å². The molecule has 0 rings (SSSR count). The molecule has 0 heterocycles. The van der Waals surface area contributed by atoms with E-state index in [9.17, 15) is 9.13 Å². The third-order valence-corrected chi connectivity index (χ3v) is 11.2. The minimum absolute atomic E-state index is 0.268. The van der Waals surface area contributed by atoms with E-state index < -0.39 is 45.9 Å². The van der Waals surface area contributed by atoms with E-state index in [0.717, 1.165) is 0 Å². The summed E-state index contributed by atoms with van der Waals surface area (Å²) in [6, 6.07) is 0.581. The average Bonchev–Trinajstić information content (AvgIpc) is 2.44. The molecule has 1 atom stereocenters. The lowest BCUT2D eigenvalue weighted by Crippen LogP contribution is -2.34. The standard InChI is InChI=1S/C16H37NO4P2.C9H21O3P/c1-13(2)17(14(3)4)22(19-11)12-23(18,20-15(5,6)7)21-16(8,9)10;1-8(2,3)11-13(7,10)12-9(4,5)6/h13-14H,12H2,1-11H3;1-7H3. The minimum Gasteiger partial charge on any atom is -0.346 e. The van der Waals surface area contributed by atoms with Gasteiger partial charge < -0.3 is 22.6 Å². The van der Waals surface area contributed by atoms with Gasteiger partial charge in [-0.15, -0.1) is 0 Å². The Morgan fingerprint density at radius 2 is 0.917 bits per heavy atom. The fourth-order valence-electron chi connectivity index (χ4n) is 3.41. The van der Waals surface area contributed by atoms with E-state index in [1.54, 1.807) is 7.11 Å². The lowest BCUT2D eigenvalue weighted by Gasteiger charge is -2.39. The largest absolute Gasteiger partial charge is 0.346 e. The minimum atomic E-state index is -3.31. The van der Waals surface area contributed by atoms with Gasteiger partial charge in [-0.1, -0.05) is 0 Å². The van der Waals surface area contributed by atoms with E-state index in [-0.39, 0.29) is 5.90 Å². The topological polar surface area (TPSA) is 83.5 Å². The molecule has 0 radical (unpaired) electrons. The summed E-state index contributed by atoms with van der Waals surface area (Å²) in [5.74, 6) is 0.268. The van der Waals surface area contributed by atoms with Crippen molar-refractivity contribution in [2.24, 2.45) is 0 Å². The van der Waals surface area contributed by atoms with Crippen molar-refractivity contribution in [1.82, 2.24) is 4.67 Å². The molecular formula is C25H58NO7P3. The SMILES string of the molecule is CC(C)(C)OP(C)(=O)OC(C)(C)C.COP(CP(=O)(OC(C)(C)C)OC(C)(C)C)N(C(C)C)C(C)C. The van der Waals surface area contributed by atoms with Crippen molar-refractivity contribution in [3.63, 3.8) is 0 Å². The first-order valence-electron chi connectivity index (χ1n) is 12.6. The van der Waals surface area contributed by atoms with Gasteiger partial charge in [0, 0.05) is 25.9 Å². The Bertz CT molecular complexity index is 682. The maximum atomic E-state index is 13.4. The molecule has 0 N–H and O–H groups in total. The molecule has 0 aliphatic rings. The molecule has 8 nitrogen and oxygen atoms in total. The van der Waals surface area contributed by atoms with Crippen molar-refractivity contribution >= 4 is 23.5 Å². The predicted molar refractivity (Wildman–Crippen MR) is 155 cm³/mol. The van der Waals surface area contributed by atoms with Gasteiger partial charge in [-0.25, -0.2) is 0 Å². The highest BCUT2D eigenvalue weighted by molar-refractivity contribution is 7.69. The Labute approximate surface area is 224 Å². The molecule has 0 aliphatic carbocycles. The highest BCUT2D eigenvalue weighted by atomic mass is 31.2. The molecule has 0 aromatic rings. The molecule has 1 unspecified atom stereocenters. The molecule has 0 aliphatic heterocycles. The van der Waals surface area contributed by atoms with Gasteiger partial charge in [0.15, 0.2) is 0 Å². The highest BCUT2D eigenvalue weighted by Crippen LogP contribution is 2.64. The first-order chi connectivity index (χ1) is 15.5. The van der Waals surface area contributed by atoms with Gasteiger partial charge in [0.1, 0.15) is 14.2 Å². The fraction of sp³-hybridized carbons (Fsp3) is 1.00. The summed E-state index contributed by atoms with van der Waals surface area (Å²) >= 11 is 0. The summed E-state index contributed by atoms with van der Waals surface area (Å²) in [5.41, 5.74) is -1.96. The summed E-state index contributed by atoms with van der Waals surface area (Å²) in [4.78, 5) is 0. The predicted octanol–water partition coefficient (Wildman–Crippen LogP) is 9.28. The van der Waals surface area contributed by atoms with Gasteiger partial charge >= 0.3 is 15.2 Å². The zero-order chi connectivity index (χ0) is 29.6. The van der Waals surface area contributed by atoms with Crippen LogP contribution in [0.1, 0.15) is 111 Å². The second kappa shape index (κ2) is 14.3. The summed E-state index contributed by atoms with van der Waals surface area (Å²) in [6.45, 7) is 32.5. The second-order valence-electron chi connectivity index (χ2n) is 13.4. The highest BCUT2D eigenvalue weighted by Gasteiger charge is 2.40. The van der Waals surface area contributed by atoms with E-state index in [2.05, 4.69) is 32.4 Å². The van der Waals surface area contributed by atoms with Crippen molar-refractivity contribution < 1.29 is 31.7 Å². The number of nitrogens with zero attached hydrogens (tertiary/aromatic N) is 1. The van der Waals surface area contributed by atoms with Crippen LogP contribution in [0.25, 0.3) is 0 Å². The third-order valence-electron chi connectivity index (χ3n) is 3.53. The zero-order valence-electron chi connectivity index (χ0n) is 26.5. The summed E-state index contributed by atoms with van der Waals surface area (Å²) < 4.78 is 55.6. The Hall–Kier alpha value is 0.650. The van der Waals surface area contributed by atoms with Crippen LogP contribution in [0.4, 0.5) is 0 Å². The maximum absolute atomic E-state index is 13.4. The average molecular weight is 578 g/mol. The Balaban J connectivity index is 0. The molecule has 0 saturated heterocycles. The van der Waals surface area contributed by atoms with Crippen LogP contribution >= 0.6 is 23.5 Å². The van der Waals surface area contributed by atoms with Crippen LogP contribution in [-0.2, 0) is 31.7 Å². The molecule has 0 aromatic carbocycles. The van der Waals surface area contributed by atoms with Gasteiger partial charge in [0.2, 0.25) is 0 Å². The fourth-order valence-corrected chi connectivity index (χ4v) is 11.1. The normalized spacial score (nSPS) is 15.4. The zero-order valence-corrected chi connectivity index (χ0v) is 29.2. The lowest BCUT2D eigenvalue weighted by molar-refractivity contribution is 0.0496. The van der Waals surface area contributed by atoms with Crippen molar-refractivity contribution in [3.8, 4) is 0 Å². The van der Waals surface area contributed by atoms with Crippen LogP contribution in [0.5, 0.6) is 0 Å². The smallest absolute Gasteiger partial charge is 0.339 e. The third kappa shape index (κ3) is 20.6.